The van der Waals surface area contributed by atoms with Crippen LogP contribution < -0.4 is 10.5 Å². The molecule has 21 heavy (non-hydrogen) atoms. The van der Waals surface area contributed by atoms with Crippen LogP contribution >= 0.6 is 0 Å². The summed E-state index contributed by atoms with van der Waals surface area (Å²) >= 11 is 0. The predicted molar refractivity (Wildman–Crippen MR) is 78.3 cm³/mol. The SMILES string of the molecule is CCOC(=O)c1ccnc(OC2CCCC(OC)C2)c1N. The standard InChI is InChI=1S/C15H22N2O4/c1-3-20-15(18)12-7-8-17-14(13(12)16)21-11-6-4-5-10(9-11)19-2/h7-8,10-11H,3-6,9,16H2,1-2H3. The highest BCUT2D eigenvalue weighted by atomic mass is 16.5. The molecule has 2 atom stereocenters. The Morgan fingerprint density at radius 2 is 2.19 bits per heavy atom. The van der Waals surface area contributed by atoms with Crippen LogP contribution in [0.3, 0.4) is 0 Å². The fourth-order valence-corrected chi connectivity index (χ4v) is 2.52. The zero-order valence-corrected chi connectivity index (χ0v) is 12.5. The Labute approximate surface area is 124 Å². The lowest BCUT2D eigenvalue weighted by atomic mass is 9.95. The van der Waals surface area contributed by atoms with Crippen LogP contribution in [0.2, 0.25) is 0 Å². The van der Waals surface area contributed by atoms with Crippen LogP contribution in [-0.4, -0.2) is 36.9 Å². The Balaban J connectivity index is 2.09. The highest BCUT2D eigenvalue weighted by molar-refractivity contribution is 5.96. The van der Waals surface area contributed by atoms with Crippen LogP contribution in [0.4, 0.5) is 5.69 Å². The molecule has 2 unspecified atom stereocenters. The van der Waals surface area contributed by atoms with E-state index in [2.05, 4.69) is 4.98 Å². The number of carbonyl (C=O) groups is 1. The normalized spacial score (nSPS) is 21.8. The highest BCUT2D eigenvalue weighted by Crippen LogP contribution is 2.29. The number of aromatic nitrogens is 1. The predicted octanol–water partition coefficient (Wildman–Crippen LogP) is 2.18. The Bertz CT molecular complexity index is 493. The number of esters is 1. The molecule has 1 aliphatic rings. The maximum Gasteiger partial charge on any atom is 0.340 e. The lowest BCUT2D eigenvalue weighted by molar-refractivity contribution is 0.0196. The number of hydrogen-bond donors (Lipinski definition) is 1. The second-order valence-corrected chi connectivity index (χ2v) is 5.06. The summed E-state index contributed by atoms with van der Waals surface area (Å²) in [7, 11) is 1.71. The van der Waals surface area contributed by atoms with Crippen molar-refractivity contribution in [2.24, 2.45) is 0 Å². The maximum atomic E-state index is 11.8. The van der Waals surface area contributed by atoms with Crippen molar-refractivity contribution in [3.63, 3.8) is 0 Å². The zero-order chi connectivity index (χ0) is 15.2. The summed E-state index contributed by atoms with van der Waals surface area (Å²) in [5, 5.41) is 0. The van der Waals surface area contributed by atoms with Gasteiger partial charge in [0.2, 0.25) is 5.88 Å². The van der Waals surface area contributed by atoms with Crippen molar-refractivity contribution < 1.29 is 19.0 Å². The molecule has 0 bridgehead atoms. The van der Waals surface area contributed by atoms with Crippen molar-refractivity contribution in [1.82, 2.24) is 4.98 Å². The van der Waals surface area contributed by atoms with E-state index < -0.39 is 5.97 Å². The average molecular weight is 294 g/mol. The number of nitrogens with zero attached hydrogens (tertiary/aromatic N) is 1. The summed E-state index contributed by atoms with van der Waals surface area (Å²) in [6, 6.07) is 1.54. The zero-order valence-electron chi connectivity index (χ0n) is 12.5. The summed E-state index contributed by atoms with van der Waals surface area (Å²) in [6.45, 7) is 2.05. The monoisotopic (exact) mass is 294 g/mol. The van der Waals surface area contributed by atoms with Gasteiger partial charge >= 0.3 is 5.97 Å². The molecule has 2 rings (SSSR count). The number of carbonyl (C=O) groups excluding carboxylic acids is 1. The summed E-state index contributed by atoms with van der Waals surface area (Å²) in [5.41, 5.74) is 6.50. The van der Waals surface area contributed by atoms with E-state index in [9.17, 15) is 4.79 Å². The molecule has 1 aromatic heterocycles. The number of nitrogens with two attached hydrogens (primary N) is 1. The first-order valence-electron chi connectivity index (χ1n) is 7.26. The number of ether oxygens (including phenoxy) is 3. The van der Waals surface area contributed by atoms with Crippen molar-refractivity contribution in [2.75, 3.05) is 19.5 Å². The van der Waals surface area contributed by atoms with Crippen molar-refractivity contribution in [3.05, 3.63) is 17.8 Å². The van der Waals surface area contributed by atoms with Gasteiger partial charge in [0, 0.05) is 19.7 Å². The Kier molecular flexibility index (Phi) is 5.38. The minimum Gasteiger partial charge on any atom is -0.473 e. The van der Waals surface area contributed by atoms with Gasteiger partial charge in [-0.1, -0.05) is 0 Å². The summed E-state index contributed by atoms with van der Waals surface area (Å²) < 4.78 is 16.2. The fourth-order valence-electron chi connectivity index (χ4n) is 2.52. The summed E-state index contributed by atoms with van der Waals surface area (Å²) in [5.74, 6) is -0.164. The van der Waals surface area contributed by atoms with Gasteiger partial charge in [0.1, 0.15) is 11.8 Å². The Morgan fingerprint density at radius 1 is 1.43 bits per heavy atom. The van der Waals surface area contributed by atoms with Gasteiger partial charge in [-0.15, -0.1) is 0 Å². The number of nitrogen functional groups attached to an aromatic ring is 1. The number of hydrogen-bond acceptors (Lipinski definition) is 6. The maximum absolute atomic E-state index is 11.8. The van der Waals surface area contributed by atoms with Gasteiger partial charge in [0.05, 0.1) is 18.3 Å². The van der Waals surface area contributed by atoms with Crippen LogP contribution in [0, 0.1) is 0 Å². The van der Waals surface area contributed by atoms with E-state index in [1.54, 1.807) is 20.1 Å². The number of pyridine rings is 1. The molecular formula is C15H22N2O4. The van der Waals surface area contributed by atoms with Crippen LogP contribution in [-0.2, 0) is 9.47 Å². The van der Waals surface area contributed by atoms with Gasteiger partial charge in [-0.2, -0.15) is 0 Å². The summed E-state index contributed by atoms with van der Waals surface area (Å²) in [4.78, 5) is 15.9. The van der Waals surface area contributed by atoms with E-state index in [4.69, 9.17) is 19.9 Å². The first-order valence-corrected chi connectivity index (χ1v) is 7.26. The highest BCUT2D eigenvalue weighted by Gasteiger charge is 2.25. The van der Waals surface area contributed by atoms with E-state index in [0.717, 1.165) is 25.7 Å². The molecule has 6 nitrogen and oxygen atoms in total. The Hall–Kier alpha value is -1.82. The van der Waals surface area contributed by atoms with Crippen molar-refractivity contribution >= 4 is 11.7 Å². The van der Waals surface area contributed by atoms with Gasteiger partial charge in [-0.25, -0.2) is 9.78 Å². The van der Waals surface area contributed by atoms with Crippen molar-refractivity contribution in [2.45, 2.75) is 44.8 Å². The van der Waals surface area contributed by atoms with E-state index in [1.807, 2.05) is 0 Å². The quantitative estimate of drug-likeness (QED) is 0.838. The third kappa shape index (κ3) is 3.85. The molecule has 0 saturated heterocycles. The lowest BCUT2D eigenvalue weighted by Crippen LogP contribution is -2.30. The molecule has 1 aromatic rings. The number of methoxy groups -OCH3 is 1. The van der Waals surface area contributed by atoms with Gasteiger partial charge in [0.25, 0.3) is 0 Å². The largest absolute Gasteiger partial charge is 0.473 e. The fraction of sp³-hybridized carbons (Fsp3) is 0.600. The molecule has 6 heteroatoms. The van der Waals surface area contributed by atoms with Gasteiger partial charge in [-0.05, 0) is 32.3 Å². The van der Waals surface area contributed by atoms with Crippen LogP contribution in [0.15, 0.2) is 12.3 Å². The van der Waals surface area contributed by atoms with E-state index in [0.29, 0.717) is 18.1 Å². The third-order valence-electron chi connectivity index (χ3n) is 3.64. The molecule has 2 N–H and O–H groups in total. The molecule has 1 saturated carbocycles. The van der Waals surface area contributed by atoms with Gasteiger partial charge < -0.3 is 19.9 Å². The summed E-state index contributed by atoms with van der Waals surface area (Å²) in [6.07, 6.45) is 5.55. The molecule has 0 aromatic carbocycles. The molecule has 0 radical (unpaired) electrons. The third-order valence-corrected chi connectivity index (χ3v) is 3.64. The van der Waals surface area contributed by atoms with Crippen molar-refractivity contribution in [3.8, 4) is 5.88 Å². The van der Waals surface area contributed by atoms with Gasteiger partial charge in [0.15, 0.2) is 0 Å². The minimum atomic E-state index is -0.458. The van der Waals surface area contributed by atoms with Crippen LogP contribution in [0.25, 0.3) is 0 Å². The second-order valence-electron chi connectivity index (χ2n) is 5.06. The molecule has 0 amide bonds. The van der Waals surface area contributed by atoms with Gasteiger partial charge in [-0.3, -0.25) is 0 Å². The first-order chi connectivity index (χ1) is 10.2. The Morgan fingerprint density at radius 3 is 2.90 bits per heavy atom. The molecule has 1 fully saturated rings. The topological polar surface area (TPSA) is 83.7 Å². The molecule has 0 spiro atoms. The van der Waals surface area contributed by atoms with E-state index in [-0.39, 0.29) is 17.9 Å². The molecule has 1 aliphatic carbocycles. The number of anilines is 1. The van der Waals surface area contributed by atoms with Crippen molar-refractivity contribution in [1.29, 1.82) is 0 Å². The molecular weight excluding hydrogens is 272 g/mol. The van der Waals surface area contributed by atoms with E-state index in [1.165, 1.54) is 6.20 Å². The van der Waals surface area contributed by atoms with Crippen LogP contribution in [0.5, 0.6) is 5.88 Å². The molecule has 1 heterocycles. The molecule has 0 aliphatic heterocycles. The smallest absolute Gasteiger partial charge is 0.340 e. The minimum absolute atomic E-state index is 0.0101. The number of rotatable bonds is 5. The average Bonchev–Trinajstić information content (AvgIpc) is 2.50. The van der Waals surface area contributed by atoms with Crippen LogP contribution in [0.1, 0.15) is 43.0 Å². The lowest BCUT2D eigenvalue weighted by Gasteiger charge is -2.28. The second kappa shape index (κ2) is 7.26. The molecule has 116 valence electrons. The van der Waals surface area contributed by atoms with E-state index >= 15 is 0 Å². The first kappa shape index (κ1) is 15.6.